The molecule has 235 valence electrons. The van der Waals surface area contributed by atoms with Gasteiger partial charge in [0.1, 0.15) is 0 Å². The van der Waals surface area contributed by atoms with Crippen molar-refractivity contribution >= 4 is 47.3 Å². The van der Waals surface area contributed by atoms with Crippen molar-refractivity contribution < 1.29 is 31.6 Å². The Kier molecular flexibility index (Phi) is 19.2. The molecule has 2 aliphatic carbocycles. The summed E-state index contributed by atoms with van der Waals surface area (Å²) in [6.07, 6.45) is 17.4. The minimum Gasteiger partial charge on any atom is 0 e. The second-order valence-electron chi connectivity index (χ2n) is 9.84. The summed E-state index contributed by atoms with van der Waals surface area (Å²) in [6.45, 7) is 2.03. The molecule has 10 radical (unpaired) electrons. The Balaban J connectivity index is 0.000000196. The number of hydrogen-bond donors (Lipinski definition) is 0. The van der Waals surface area contributed by atoms with Crippen molar-refractivity contribution in [1.29, 1.82) is 0 Å². The smallest absolute Gasteiger partial charge is 0 e. The van der Waals surface area contributed by atoms with Crippen LogP contribution in [0.4, 0.5) is 0 Å². The molecule has 0 nitrogen and oxygen atoms in total. The molecule has 0 atom stereocenters. The molecule has 7 rings (SSSR count). The third kappa shape index (κ3) is 12.4. The minimum absolute atomic E-state index is 0. The van der Waals surface area contributed by atoms with Gasteiger partial charge in [0, 0.05) is 28.4 Å². The Morgan fingerprint density at radius 1 is 0.435 bits per heavy atom. The zero-order valence-electron chi connectivity index (χ0n) is 25.4. The van der Waals surface area contributed by atoms with Crippen molar-refractivity contribution in [3.8, 4) is 0 Å². The quantitative estimate of drug-likeness (QED) is 0.0926. The van der Waals surface area contributed by atoms with Gasteiger partial charge in [0.2, 0.25) is 0 Å². The van der Waals surface area contributed by atoms with Crippen LogP contribution in [0.25, 0.3) is 0 Å². The summed E-state index contributed by atoms with van der Waals surface area (Å²) < 4.78 is 0. The van der Waals surface area contributed by atoms with E-state index in [0.717, 1.165) is 0 Å². The number of aryl methyl sites for hydroxylation is 1. The van der Waals surface area contributed by atoms with Crippen LogP contribution in [0.15, 0.2) is 146 Å². The van der Waals surface area contributed by atoms with Crippen LogP contribution >= 0.6 is 26.0 Å². The molecule has 0 aliphatic heterocycles. The molecule has 5 aromatic rings. The summed E-state index contributed by atoms with van der Waals surface area (Å²) in [5, 5.41) is 5.63. The Bertz CT molecular complexity index is 1260. The van der Waals surface area contributed by atoms with Crippen molar-refractivity contribution in [2.24, 2.45) is 0 Å². The molecule has 0 spiro atoms. The average Bonchev–Trinajstić information content (AvgIpc) is 3.85. The van der Waals surface area contributed by atoms with Crippen molar-refractivity contribution in [1.82, 2.24) is 0 Å². The number of halogens is 1. The van der Waals surface area contributed by atoms with E-state index in [1.165, 1.54) is 38.1 Å². The van der Waals surface area contributed by atoms with Crippen LogP contribution in [0.1, 0.15) is 5.56 Å². The molecule has 2 aliphatic rings. The minimum atomic E-state index is -0.409. The fourth-order valence-corrected chi connectivity index (χ4v) is 9.32. The van der Waals surface area contributed by atoms with E-state index in [9.17, 15) is 0 Å². The normalized spacial score (nSPS) is 14.2. The van der Waals surface area contributed by atoms with Crippen LogP contribution in [0.2, 0.25) is 0 Å². The first-order valence-electron chi connectivity index (χ1n) is 14.6. The van der Waals surface area contributed by atoms with E-state index in [0.29, 0.717) is 0 Å². The number of hydrogen-bond acceptors (Lipinski definition) is 0. The maximum Gasteiger partial charge on any atom is 0 e. The molecule has 5 aromatic carbocycles. The number of benzene rings is 5. The Hall–Kier alpha value is -1.74. The first-order valence-corrected chi connectivity index (χ1v) is 18.6. The molecule has 0 saturated heterocycles. The van der Waals surface area contributed by atoms with Crippen molar-refractivity contribution in [2.75, 3.05) is 0 Å². The van der Waals surface area contributed by atoms with Crippen molar-refractivity contribution in [2.45, 2.75) is 6.92 Å². The van der Waals surface area contributed by atoms with Gasteiger partial charge in [-0.05, 0) is 88.4 Å². The summed E-state index contributed by atoms with van der Waals surface area (Å²) in [6, 6.07) is 54.0. The fourth-order valence-electron chi connectivity index (χ4n) is 4.71. The van der Waals surface area contributed by atoms with E-state index in [2.05, 4.69) is 204 Å². The second-order valence-corrected chi connectivity index (χ2v) is 14.3. The monoisotopic (exact) mass is 738 g/mol. The Labute approximate surface area is 303 Å². The largest absolute Gasteiger partial charge is 0 e. The molecule has 0 heterocycles. The van der Waals surface area contributed by atoms with Gasteiger partial charge in [-0.15, -0.1) is 0 Å². The summed E-state index contributed by atoms with van der Waals surface area (Å²) in [4.78, 5) is 0. The van der Waals surface area contributed by atoms with E-state index < -0.39 is 15.8 Å². The first-order chi connectivity index (χ1) is 22.3. The van der Waals surface area contributed by atoms with Gasteiger partial charge >= 0.3 is 24.8 Å². The van der Waals surface area contributed by atoms with Crippen molar-refractivity contribution in [3.63, 3.8) is 0 Å². The summed E-state index contributed by atoms with van der Waals surface area (Å²) in [7, 11) is 3.45. The standard InChI is InChI=1S/2C17H14P.C7H7.ClH.Fe.Ni/c2*1-3-9-15(10-4-1)18(17-13-7-8-14-17)16-11-5-2-6-12-16;1-7-5-3-2-4-6-7;;;/h2*1-14H;2-5H,1H3;1H;;/q;;-1;;;+1/p-1. The molecule has 2 saturated carbocycles. The molecular formula is C41H35ClFeNiP2-. The zero-order valence-corrected chi connectivity index (χ0v) is 30.1. The summed E-state index contributed by atoms with van der Waals surface area (Å²) in [5.74, 6) is 0. The molecule has 0 aromatic heterocycles. The van der Waals surface area contributed by atoms with Gasteiger partial charge in [0.15, 0.2) is 0 Å². The van der Waals surface area contributed by atoms with E-state index in [1.54, 1.807) is 0 Å². The Morgan fingerprint density at radius 2 is 0.717 bits per heavy atom. The molecular weight excluding hydrogens is 704 g/mol. The zero-order chi connectivity index (χ0) is 31.5. The average molecular weight is 740 g/mol. The summed E-state index contributed by atoms with van der Waals surface area (Å²) in [5.41, 5.74) is 4.03. The third-order valence-electron chi connectivity index (χ3n) is 6.73. The molecule has 0 amide bonds. The van der Waals surface area contributed by atoms with Crippen molar-refractivity contribution in [3.05, 3.63) is 220 Å². The fraction of sp³-hybridized carbons (Fsp3) is 0.0244. The van der Waals surface area contributed by atoms with Gasteiger partial charge in [-0.1, -0.05) is 128 Å². The molecule has 46 heavy (non-hydrogen) atoms. The van der Waals surface area contributed by atoms with Crippen LogP contribution in [-0.2, 0) is 31.6 Å². The predicted octanol–water partition coefficient (Wildman–Crippen LogP) is 9.44. The molecule has 0 unspecified atom stereocenters. The van der Waals surface area contributed by atoms with Gasteiger partial charge in [-0.2, -0.15) is 35.9 Å². The maximum absolute atomic E-state index is 4.26. The third-order valence-corrected chi connectivity index (χ3v) is 11.6. The molecule has 0 bridgehead atoms. The van der Waals surface area contributed by atoms with Crippen LogP contribution in [-0.4, -0.2) is 0 Å². The second kappa shape index (κ2) is 22.8. The summed E-state index contributed by atoms with van der Waals surface area (Å²) >= 11 is 3.35. The Morgan fingerprint density at radius 3 is 0.935 bits per heavy atom. The predicted molar refractivity (Wildman–Crippen MR) is 195 cm³/mol. The van der Waals surface area contributed by atoms with E-state index in [4.69, 9.17) is 0 Å². The van der Waals surface area contributed by atoms with Crippen LogP contribution in [0.3, 0.4) is 0 Å². The van der Waals surface area contributed by atoms with E-state index in [1.807, 2.05) is 31.2 Å². The van der Waals surface area contributed by atoms with E-state index in [-0.39, 0.29) is 17.1 Å². The van der Waals surface area contributed by atoms with Gasteiger partial charge in [0.05, 0.1) is 0 Å². The van der Waals surface area contributed by atoms with Gasteiger partial charge < -0.3 is 0 Å². The first kappa shape index (κ1) is 38.7. The maximum atomic E-state index is 4.26. The molecule has 2 fully saturated rings. The van der Waals surface area contributed by atoms with Gasteiger partial charge in [-0.3, -0.25) is 0 Å². The SMILES string of the molecule is Cc1[c-]cccc1.[CH]1[CH][CH][C](P(c2ccccc2)c2ccccc2)[CH]1.[CH]1[CH][CH][C](P(c2ccccc2)c2ccccc2)[CH]1.[Cl][Ni].[Fe]. The van der Waals surface area contributed by atoms with Gasteiger partial charge in [-0.25, -0.2) is 0 Å². The molecule has 5 heteroatoms. The van der Waals surface area contributed by atoms with E-state index >= 15 is 0 Å². The van der Waals surface area contributed by atoms with Gasteiger partial charge in [0.25, 0.3) is 0 Å². The molecule has 0 N–H and O–H groups in total. The topological polar surface area (TPSA) is 0 Å². The number of rotatable bonds is 6. The van der Waals surface area contributed by atoms with Crippen LogP contribution in [0.5, 0.6) is 0 Å². The van der Waals surface area contributed by atoms with Crippen LogP contribution < -0.4 is 21.2 Å². The van der Waals surface area contributed by atoms with Crippen LogP contribution in [0, 0.1) is 75.7 Å².